The van der Waals surface area contributed by atoms with E-state index >= 15 is 0 Å². The molecule has 4 nitrogen and oxygen atoms in total. The molecule has 0 radical (unpaired) electrons. The number of carbonyl (C=O) groups excluding carboxylic acids is 1. The summed E-state index contributed by atoms with van der Waals surface area (Å²) in [5.41, 5.74) is 5.00. The topological polar surface area (TPSA) is 50.7 Å². The highest BCUT2D eigenvalue weighted by Crippen LogP contribution is 2.18. The van der Waals surface area contributed by atoms with E-state index in [1.54, 1.807) is 12.1 Å². The second-order valence-corrected chi connectivity index (χ2v) is 5.80. The highest BCUT2D eigenvalue weighted by Gasteiger charge is 2.13. The summed E-state index contributed by atoms with van der Waals surface area (Å²) in [7, 11) is 0. The zero-order chi connectivity index (χ0) is 17.4. The maximum Gasteiger partial charge on any atom is 0.275 e. The molecule has 0 aliphatic heterocycles. The Balaban J connectivity index is 2.19. The van der Waals surface area contributed by atoms with Gasteiger partial charge in [0.25, 0.3) is 5.91 Å². The monoisotopic (exact) mass is 324 g/mol. The Morgan fingerprint density at radius 2 is 1.75 bits per heavy atom. The second-order valence-electron chi connectivity index (χ2n) is 5.80. The first kappa shape index (κ1) is 17.7. The fourth-order valence-corrected chi connectivity index (χ4v) is 2.30. The van der Waals surface area contributed by atoms with Crippen LogP contribution in [-0.4, -0.2) is 18.2 Å². The normalized spacial score (nSPS) is 11.4. The number of hydrogen-bond acceptors (Lipinski definition) is 3. The first-order valence-corrected chi connectivity index (χ1v) is 8.28. The Labute approximate surface area is 143 Å². The van der Waals surface area contributed by atoms with E-state index < -0.39 is 0 Å². The summed E-state index contributed by atoms with van der Waals surface area (Å²) in [5.74, 6) is 0.507. The van der Waals surface area contributed by atoms with Crippen LogP contribution in [0.2, 0.25) is 0 Å². The molecule has 0 fully saturated rings. The van der Waals surface area contributed by atoms with Gasteiger partial charge in [-0.05, 0) is 30.0 Å². The maximum atomic E-state index is 12.5. The zero-order valence-corrected chi connectivity index (χ0v) is 14.5. The van der Waals surface area contributed by atoms with Crippen molar-refractivity contribution in [2.45, 2.75) is 27.2 Å². The fourth-order valence-electron chi connectivity index (χ4n) is 2.30. The Morgan fingerprint density at radius 3 is 2.42 bits per heavy atom. The predicted molar refractivity (Wildman–Crippen MR) is 97.5 cm³/mol. The van der Waals surface area contributed by atoms with Gasteiger partial charge in [-0.15, -0.1) is 0 Å². The maximum absolute atomic E-state index is 12.5. The van der Waals surface area contributed by atoms with Crippen LogP contribution >= 0.6 is 0 Å². The number of hydrazone groups is 1. The molecule has 1 amide bonds. The molecular weight excluding hydrogens is 300 g/mol. The number of amides is 1. The lowest BCUT2D eigenvalue weighted by Gasteiger charge is -2.12. The van der Waals surface area contributed by atoms with Gasteiger partial charge in [0.2, 0.25) is 0 Å². The molecule has 2 aromatic carbocycles. The molecule has 0 bridgehead atoms. The Kier molecular flexibility index (Phi) is 6.55. The average Bonchev–Trinajstić information content (AvgIpc) is 2.61. The minimum Gasteiger partial charge on any atom is -0.493 e. The minimum atomic E-state index is -0.268. The van der Waals surface area contributed by atoms with Crippen molar-refractivity contribution in [2.24, 2.45) is 11.0 Å². The highest BCUT2D eigenvalue weighted by atomic mass is 16.5. The standard InChI is InChI=1S/C20H24N2O2/c1-4-14-24-18-13-9-8-12-17(18)20(23)22-21-19(15(2)3)16-10-6-5-7-11-16/h5-13,15H,4,14H2,1-3H3,(H,22,23). The quantitative estimate of drug-likeness (QED) is 0.611. The van der Waals surface area contributed by atoms with Gasteiger partial charge < -0.3 is 4.74 Å². The molecule has 0 unspecified atom stereocenters. The minimum absolute atomic E-state index is 0.194. The number of rotatable bonds is 7. The van der Waals surface area contributed by atoms with Crippen molar-refractivity contribution in [3.8, 4) is 5.75 Å². The van der Waals surface area contributed by atoms with E-state index in [0.717, 1.165) is 17.7 Å². The number of ether oxygens (including phenoxy) is 1. The molecule has 0 heterocycles. The number of carbonyl (C=O) groups is 1. The summed E-state index contributed by atoms with van der Waals surface area (Å²) < 4.78 is 5.64. The van der Waals surface area contributed by atoms with Crippen molar-refractivity contribution < 1.29 is 9.53 Å². The van der Waals surface area contributed by atoms with Crippen molar-refractivity contribution in [3.05, 3.63) is 65.7 Å². The Bertz CT molecular complexity index is 694. The molecular formula is C20H24N2O2. The number of nitrogens with one attached hydrogen (secondary N) is 1. The van der Waals surface area contributed by atoms with Gasteiger partial charge in [0.05, 0.1) is 17.9 Å². The molecule has 2 rings (SSSR count). The lowest BCUT2D eigenvalue weighted by atomic mass is 10.0. The third-order valence-electron chi connectivity index (χ3n) is 3.49. The first-order chi connectivity index (χ1) is 11.6. The van der Waals surface area contributed by atoms with E-state index in [9.17, 15) is 4.79 Å². The largest absolute Gasteiger partial charge is 0.493 e. The van der Waals surface area contributed by atoms with Gasteiger partial charge in [-0.2, -0.15) is 5.10 Å². The van der Waals surface area contributed by atoms with Gasteiger partial charge in [-0.3, -0.25) is 4.79 Å². The van der Waals surface area contributed by atoms with E-state index in [1.807, 2.05) is 49.4 Å². The third-order valence-corrected chi connectivity index (χ3v) is 3.49. The van der Waals surface area contributed by atoms with Crippen LogP contribution in [0.1, 0.15) is 43.1 Å². The number of hydrogen-bond donors (Lipinski definition) is 1. The molecule has 126 valence electrons. The molecule has 0 aliphatic carbocycles. The smallest absolute Gasteiger partial charge is 0.275 e. The summed E-state index contributed by atoms with van der Waals surface area (Å²) in [5, 5.41) is 4.35. The summed E-state index contributed by atoms with van der Waals surface area (Å²) in [6, 6.07) is 17.1. The molecule has 4 heteroatoms. The van der Waals surface area contributed by atoms with Crippen LogP contribution in [0.25, 0.3) is 0 Å². The summed E-state index contributed by atoms with van der Waals surface area (Å²) >= 11 is 0. The van der Waals surface area contributed by atoms with Crippen LogP contribution in [0, 0.1) is 5.92 Å². The first-order valence-electron chi connectivity index (χ1n) is 8.28. The van der Waals surface area contributed by atoms with E-state index in [0.29, 0.717) is 17.9 Å². The molecule has 0 saturated carbocycles. The van der Waals surface area contributed by atoms with E-state index in [2.05, 4.69) is 24.4 Å². The van der Waals surface area contributed by atoms with Gasteiger partial charge in [0.15, 0.2) is 0 Å². The third kappa shape index (κ3) is 4.69. The molecule has 0 aliphatic rings. The number of nitrogens with zero attached hydrogens (tertiary/aromatic N) is 1. The second kappa shape index (κ2) is 8.87. The van der Waals surface area contributed by atoms with E-state index in [1.165, 1.54) is 0 Å². The van der Waals surface area contributed by atoms with Crippen LogP contribution in [-0.2, 0) is 0 Å². The summed E-state index contributed by atoms with van der Waals surface area (Å²) in [4.78, 5) is 12.5. The lowest BCUT2D eigenvalue weighted by molar-refractivity contribution is 0.0950. The molecule has 0 aromatic heterocycles. The van der Waals surface area contributed by atoms with Crippen LogP contribution < -0.4 is 10.2 Å². The van der Waals surface area contributed by atoms with Gasteiger partial charge in [-0.1, -0.05) is 63.2 Å². The van der Waals surface area contributed by atoms with Gasteiger partial charge >= 0.3 is 0 Å². The Hall–Kier alpha value is -2.62. The SMILES string of the molecule is CCCOc1ccccc1C(=O)NN=C(c1ccccc1)C(C)C. The molecule has 1 N–H and O–H groups in total. The van der Waals surface area contributed by atoms with Crippen LogP contribution in [0.5, 0.6) is 5.75 Å². The van der Waals surface area contributed by atoms with Crippen LogP contribution in [0.15, 0.2) is 59.7 Å². The predicted octanol–water partition coefficient (Wildman–Crippen LogP) is 4.27. The zero-order valence-electron chi connectivity index (χ0n) is 14.5. The molecule has 0 spiro atoms. The number of para-hydroxylation sites is 1. The lowest BCUT2D eigenvalue weighted by Crippen LogP contribution is -2.23. The van der Waals surface area contributed by atoms with Gasteiger partial charge in [0.1, 0.15) is 5.75 Å². The average molecular weight is 324 g/mol. The summed E-state index contributed by atoms with van der Waals surface area (Å²) in [6.45, 7) is 6.71. The highest BCUT2D eigenvalue weighted by molar-refractivity contribution is 6.03. The van der Waals surface area contributed by atoms with Crippen molar-refractivity contribution in [2.75, 3.05) is 6.61 Å². The van der Waals surface area contributed by atoms with E-state index in [-0.39, 0.29) is 11.8 Å². The molecule has 24 heavy (non-hydrogen) atoms. The van der Waals surface area contributed by atoms with Gasteiger partial charge in [0, 0.05) is 0 Å². The molecule has 0 saturated heterocycles. The van der Waals surface area contributed by atoms with Crippen LogP contribution in [0.3, 0.4) is 0 Å². The Morgan fingerprint density at radius 1 is 1.08 bits per heavy atom. The van der Waals surface area contributed by atoms with E-state index in [4.69, 9.17) is 4.74 Å². The van der Waals surface area contributed by atoms with Crippen molar-refractivity contribution in [3.63, 3.8) is 0 Å². The number of benzene rings is 2. The fraction of sp³-hybridized carbons (Fsp3) is 0.300. The van der Waals surface area contributed by atoms with Crippen molar-refractivity contribution in [1.82, 2.24) is 5.43 Å². The van der Waals surface area contributed by atoms with Gasteiger partial charge in [-0.25, -0.2) is 5.43 Å². The van der Waals surface area contributed by atoms with Crippen LogP contribution in [0.4, 0.5) is 0 Å². The molecule has 0 atom stereocenters. The van der Waals surface area contributed by atoms with Crippen molar-refractivity contribution >= 4 is 11.6 Å². The summed E-state index contributed by atoms with van der Waals surface area (Å²) in [6.07, 6.45) is 0.889. The molecule has 2 aromatic rings. The van der Waals surface area contributed by atoms with Crippen molar-refractivity contribution in [1.29, 1.82) is 0 Å².